The molecule has 0 aromatic heterocycles. The number of amides is 1. The van der Waals surface area contributed by atoms with E-state index in [1.807, 2.05) is 14.1 Å². The third-order valence-corrected chi connectivity index (χ3v) is 5.94. The molecule has 2 aromatic rings. The molecule has 1 aliphatic rings. The highest BCUT2D eigenvalue weighted by atomic mass is 16.5. The number of likely N-dealkylation sites (tertiary alicyclic amines) is 1. The largest absolute Gasteiger partial charge is 0.493 e. The molecule has 1 heterocycles. The van der Waals surface area contributed by atoms with Crippen molar-refractivity contribution in [2.45, 2.75) is 18.9 Å². The monoisotopic (exact) mass is 428 g/mol. The molecule has 0 unspecified atom stereocenters. The predicted octanol–water partition coefficient (Wildman–Crippen LogP) is 1.93. The van der Waals surface area contributed by atoms with Gasteiger partial charge in [0.25, 0.3) is 5.91 Å². The standard InChI is InChI=1S/C24H33N3O4/c1-26(2)19-10-8-17(9-11-19)20(27-12-6-7-13-27)16-25-24(28)18-14-21(29-3)23(31-5)22(15-18)30-4/h8-11,14-15,20H,6-7,12-13,16H2,1-5H3,(H,25,28)/p+1/t20-/m0/s1. The van der Waals surface area contributed by atoms with Gasteiger partial charge in [-0.25, -0.2) is 0 Å². The van der Waals surface area contributed by atoms with Gasteiger partial charge in [-0.15, -0.1) is 0 Å². The molecule has 0 saturated carbocycles. The summed E-state index contributed by atoms with van der Waals surface area (Å²) in [6.07, 6.45) is 2.45. The Labute approximate surface area is 184 Å². The number of hydrogen-bond donors (Lipinski definition) is 2. The van der Waals surface area contributed by atoms with Crippen LogP contribution >= 0.6 is 0 Å². The van der Waals surface area contributed by atoms with Crippen molar-refractivity contribution >= 4 is 11.6 Å². The number of carbonyl (C=O) groups is 1. The summed E-state index contributed by atoms with van der Waals surface area (Å²) in [6, 6.07) is 12.2. The van der Waals surface area contributed by atoms with Crippen LogP contribution in [0.4, 0.5) is 5.69 Å². The van der Waals surface area contributed by atoms with E-state index in [2.05, 4.69) is 34.5 Å². The molecule has 168 valence electrons. The zero-order chi connectivity index (χ0) is 22.4. The van der Waals surface area contributed by atoms with Crippen LogP contribution in [0.1, 0.15) is 34.8 Å². The maximum atomic E-state index is 13.0. The van der Waals surface area contributed by atoms with E-state index in [1.165, 1.54) is 29.0 Å². The van der Waals surface area contributed by atoms with Gasteiger partial charge in [0.1, 0.15) is 6.04 Å². The van der Waals surface area contributed by atoms with Crippen LogP contribution in [0.2, 0.25) is 0 Å². The molecular formula is C24H34N3O4+. The van der Waals surface area contributed by atoms with Crippen LogP contribution in [0.25, 0.3) is 0 Å². The predicted molar refractivity (Wildman–Crippen MR) is 122 cm³/mol. The Kier molecular flexibility index (Phi) is 7.63. The molecule has 1 saturated heterocycles. The van der Waals surface area contributed by atoms with Crippen molar-refractivity contribution in [2.75, 3.05) is 60.0 Å². The van der Waals surface area contributed by atoms with E-state index in [-0.39, 0.29) is 11.9 Å². The summed E-state index contributed by atoms with van der Waals surface area (Å²) in [7, 11) is 8.71. The minimum Gasteiger partial charge on any atom is -0.493 e. The van der Waals surface area contributed by atoms with Crippen molar-refractivity contribution < 1.29 is 23.9 Å². The molecule has 3 rings (SSSR count). The molecule has 2 aromatic carbocycles. The smallest absolute Gasteiger partial charge is 0.251 e. The zero-order valence-corrected chi connectivity index (χ0v) is 19.2. The van der Waals surface area contributed by atoms with Gasteiger partial charge in [0.2, 0.25) is 5.75 Å². The van der Waals surface area contributed by atoms with Crippen molar-refractivity contribution in [3.8, 4) is 17.2 Å². The molecule has 31 heavy (non-hydrogen) atoms. The molecule has 7 heteroatoms. The lowest BCUT2D eigenvalue weighted by atomic mass is 10.0. The molecular weight excluding hydrogens is 394 g/mol. The van der Waals surface area contributed by atoms with Crippen molar-refractivity contribution in [2.24, 2.45) is 0 Å². The Balaban J connectivity index is 1.79. The third-order valence-electron chi connectivity index (χ3n) is 5.94. The average Bonchev–Trinajstić information content (AvgIpc) is 3.32. The lowest BCUT2D eigenvalue weighted by Gasteiger charge is -2.26. The van der Waals surface area contributed by atoms with E-state index in [9.17, 15) is 4.79 Å². The maximum absolute atomic E-state index is 13.0. The quantitative estimate of drug-likeness (QED) is 0.639. The lowest BCUT2D eigenvalue weighted by molar-refractivity contribution is -0.918. The SMILES string of the molecule is COc1cc(C(=O)NC[C@@H](c2ccc(N(C)C)cc2)[NH+]2CCCC2)cc(OC)c1OC. The van der Waals surface area contributed by atoms with Crippen molar-refractivity contribution in [3.05, 3.63) is 47.5 Å². The molecule has 0 radical (unpaired) electrons. The number of nitrogens with one attached hydrogen (secondary N) is 2. The number of rotatable bonds is 9. The van der Waals surface area contributed by atoms with Gasteiger partial charge in [0.05, 0.1) is 41.0 Å². The fourth-order valence-corrected chi connectivity index (χ4v) is 4.19. The van der Waals surface area contributed by atoms with Crippen LogP contribution in [-0.2, 0) is 0 Å². The Morgan fingerprint density at radius 2 is 1.58 bits per heavy atom. The van der Waals surface area contributed by atoms with Gasteiger partial charge in [0, 0.05) is 43.8 Å². The highest BCUT2D eigenvalue weighted by molar-refractivity contribution is 5.95. The summed E-state index contributed by atoms with van der Waals surface area (Å²) in [5.41, 5.74) is 2.89. The molecule has 0 bridgehead atoms. The van der Waals surface area contributed by atoms with Crippen molar-refractivity contribution in [1.82, 2.24) is 5.32 Å². The first-order valence-corrected chi connectivity index (χ1v) is 10.7. The maximum Gasteiger partial charge on any atom is 0.251 e. The molecule has 1 amide bonds. The van der Waals surface area contributed by atoms with E-state index in [0.29, 0.717) is 29.4 Å². The highest BCUT2D eigenvalue weighted by Gasteiger charge is 2.28. The van der Waals surface area contributed by atoms with Gasteiger partial charge in [-0.1, -0.05) is 12.1 Å². The number of benzene rings is 2. The topological polar surface area (TPSA) is 64.5 Å². The van der Waals surface area contributed by atoms with Crippen LogP contribution in [0.15, 0.2) is 36.4 Å². The van der Waals surface area contributed by atoms with Crippen LogP contribution in [0, 0.1) is 0 Å². The Bertz CT molecular complexity index is 852. The summed E-state index contributed by atoms with van der Waals surface area (Å²) in [4.78, 5) is 16.6. The summed E-state index contributed by atoms with van der Waals surface area (Å²) in [5.74, 6) is 1.25. The second-order valence-electron chi connectivity index (χ2n) is 8.03. The fourth-order valence-electron chi connectivity index (χ4n) is 4.19. The van der Waals surface area contributed by atoms with Crippen LogP contribution in [-0.4, -0.2) is 61.0 Å². The zero-order valence-electron chi connectivity index (χ0n) is 19.2. The average molecular weight is 429 g/mol. The van der Waals surface area contributed by atoms with Crippen LogP contribution in [0.3, 0.4) is 0 Å². The number of anilines is 1. The van der Waals surface area contributed by atoms with Crippen LogP contribution < -0.4 is 29.3 Å². The molecule has 0 spiro atoms. The molecule has 1 fully saturated rings. The van der Waals surface area contributed by atoms with Gasteiger partial charge in [0.15, 0.2) is 11.5 Å². The summed E-state index contributed by atoms with van der Waals surface area (Å²) >= 11 is 0. The first-order valence-electron chi connectivity index (χ1n) is 10.7. The summed E-state index contributed by atoms with van der Waals surface area (Å²) < 4.78 is 16.1. The third kappa shape index (κ3) is 5.22. The van der Waals surface area contributed by atoms with E-state index in [0.717, 1.165) is 13.1 Å². The van der Waals surface area contributed by atoms with Gasteiger partial charge in [-0.2, -0.15) is 0 Å². The van der Waals surface area contributed by atoms with Gasteiger partial charge < -0.3 is 29.3 Å². The summed E-state index contributed by atoms with van der Waals surface area (Å²) in [6.45, 7) is 2.81. The van der Waals surface area contributed by atoms with E-state index < -0.39 is 0 Å². The molecule has 1 atom stereocenters. The summed E-state index contributed by atoms with van der Waals surface area (Å²) in [5, 5.41) is 3.13. The number of hydrogen-bond acceptors (Lipinski definition) is 5. The highest BCUT2D eigenvalue weighted by Crippen LogP contribution is 2.38. The van der Waals surface area contributed by atoms with Crippen molar-refractivity contribution in [1.29, 1.82) is 0 Å². The van der Waals surface area contributed by atoms with Gasteiger partial charge in [-0.05, 0) is 24.3 Å². The molecule has 2 N–H and O–H groups in total. The second-order valence-corrected chi connectivity index (χ2v) is 8.03. The number of nitrogens with zero attached hydrogens (tertiary/aromatic N) is 1. The minimum atomic E-state index is -0.159. The first-order chi connectivity index (χ1) is 15.0. The van der Waals surface area contributed by atoms with E-state index in [1.54, 1.807) is 33.5 Å². The van der Waals surface area contributed by atoms with Gasteiger partial charge in [-0.3, -0.25) is 4.79 Å². The normalized spacial score (nSPS) is 14.7. The molecule has 0 aliphatic carbocycles. The van der Waals surface area contributed by atoms with Gasteiger partial charge >= 0.3 is 0 Å². The number of ether oxygens (including phenoxy) is 3. The van der Waals surface area contributed by atoms with E-state index >= 15 is 0 Å². The van der Waals surface area contributed by atoms with Crippen molar-refractivity contribution in [3.63, 3.8) is 0 Å². The lowest BCUT2D eigenvalue weighted by Crippen LogP contribution is -3.11. The van der Waals surface area contributed by atoms with E-state index in [4.69, 9.17) is 14.2 Å². The number of methoxy groups -OCH3 is 3. The van der Waals surface area contributed by atoms with Crippen LogP contribution in [0.5, 0.6) is 17.2 Å². The Morgan fingerprint density at radius 1 is 1.00 bits per heavy atom. The second kappa shape index (κ2) is 10.4. The minimum absolute atomic E-state index is 0.159. The number of carbonyl (C=O) groups excluding carboxylic acids is 1. The first kappa shape index (κ1) is 22.7. The molecule has 7 nitrogen and oxygen atoms in total. The molecule has 1 aliphatic heterocycles. The Hall–Kier alpha value is -2.93. The Morgan fingerprint density at radius 3 is 2.06 bits per heavy atom. The number of quaternary nitrogens is 1. The fraction of sp³-hybridized carbons (Fsp3) is 0.458.